The lowest BCUT2D eigenvalue weighted by atomic mass is 9.74. The maximum absolute atomic E-state index is 8.96. The number of rotatable bonds is 8. The first-order valence-electron chi connectivity index (χ1n) is 20.3. The van der Waals surface area contributed by atoms with E-state index in [1.54, 1.807) is 7.11 Å². The van der Waals surface area contributed by atoms with Crippen molar-refractivity contribution in [1.82, 2.24) is 0 Å². The summed E-state index contributed by atoms with van der Waals surface area (Å²) < 4.78 is 10.2. The Morgan fingerprint density at radius 1 is 0.483 bits per heavy atom. The van der Waals surface area contributed by atoms with E-state index in [4.69, 9.17) is 14.6 Å². The molecular formula is C55H60O3. The van der Waals surface area contributed by atoms with Gasteiger partial charge in [-0.3, -0.25) is 0 Å². The average Bonchev–Trinajstić information content (AvgIpc) is 3.54. The third kappa shape index (κ3) is 10.0. The third-order valence-electron chi connectivity index (χ3n) is 10.8. The van der Waals surface area contributed by atoms with Crippen molar-refractivity contribution in [2.45, 2.75) is 59.8 Å². The molecule has 0 radical (unpaired) electrons. The van der Waals surface area contributed by atoms with E-state index < -0.39 is 0 Å². The Morgan fingerprint density at radius 3 is 1.41 bits per heavy atom. The molecule has 8 aromatic rings. The number of fused-ring (bicyclic) bond motifs is 6. The highest BCUT2D eigenvalue weighted by atomic mass is 16.5. The Balaban J connectivity index is 0.000000176. The van der Waals surface area contributed by atoms with Gasteiger partial charge in [0, 0.05) is 19.1 Å². The van der Waals surface area contributed by atoms with Crippen molar-refractivity contribution in [3.8, 4) is 16.9 Å². The summed E-state index contributed by atoms with van der Waals surface area (Å²) in [5, 5.41) is 16.6. The van der Waals surface area contributed by atoms with Gasteiger partial charge >= 0.3 is 0 Å². The molecule has 1 aliphatic rings. The normalized spacial score (nSPS) is 11.8. The van der Waals surface area contributed by atoms with Crippen molar-refractivity contribution in [3.63, 3.8) is 0 Å². The lowest BCUT2D eigenvalue weighted by molar-refractivity contribution is 0.199. The van der Waals surface area contributed by atoms with Gasteiger partial charge in [0.05, 0.1) is 6.61 Å². The number of aliphatic hydroxyl groups is 1. The maximum atomic E-state index is 8.96. The van der Waals surface area contributed by atoms with Crippen LogP contribution >= 0.6 is 0 Å². The number of ether oxygens (including phenoxy) is 2. The van der Waals surface area contributed by atoms with Crippen LogP contribution in [0.4, 0.5) is 0 Å². The van der Waals surface area contributed by atoms with E-state index in [9.17, 15) is 0 Å². The third-order valence-corrected chi connectivity index (χ3v) is 10.8. The van der Waals surface area contributed by atoms with E-state index in [0.717, 1.165) is 37.0 Å². The maximum Gasteiger partial charge on any atom is 0.120 e. The lowest BCUT2D eigenvalue weighted by Gasteiger charge is -2.28. The lowest BCUT2D eigenvalue weighted by Crippen LogP contribution is -2.22. The molecule has 0 saturated heterocycles. The summed E-state index contributed by atoms with van der Waals surface area (Å²) in [5.41, 5.74) is 9.32. The predicted molar refractivity (Wildman–Crippen MR) is 250 cm³/mol. The van der Waals surface area contributed by atoms with Crippen molar-refractivity contribution in [2.75, 3.05) is 26.9 Å². The van der Waals surface area contributed by atoms with E-state index in [1.165, 1.54) is 65.9 Å². The van der Waals surface area contributed by atoms with Gasteiger partial charge in [0.15, 0.2) is 0 Å². The van der Waals surface area contributed by atoms with Crippen LogP contribution in [0.15, 0.2) is 170 Å². The van der Waals surface area contributed by atoms with Crippen molar-refractivity contribution in [1.29, 1.82) is 0 Å². The van der Waals surface area contributed by atoms with Crippen molar-refractivity contribution in [3.05, 3.63) is 198 Å². The molecule has 0 aliphatic heterocycles. The standard InChI is InChI=1S/C26H22O2.2C12H12.C4H10O.CH4/c1-26(24-8-4-2-6-22(24)23-7-3-5-9-25(23)26)20-12-10-19-17-21(28-15-14-27)13-11-18(19)16-20;2*1-2-10-7-8-11-5-3-4-6-12(11)9-10;1-3-4-5-2;/h2-13,16-17,27H,14-15H2,1H3;2*3-9H,2H2,1H3;3-4H2,1-2H3;1H4. The SMILES string of the molecule is C.CC1(c2ccc3cc(OCCO)ccc3c2)c2ccccc2-c2ccccc21.CCCOC.CCc1ccc2ccccc2c1.CCc1ccc2ccccc2c1. The summed E-state index contributed by atoms with van der Waals surface area (Å²) in [6, 6.07) is 60.5. The molecule has 1 aliphatic carbocycles. The minimum Gasteiger partial charge on any atom is -0.491 e. The topological polar surface area (TPSA) is 38.7 Å². The second-order valence-corrected chi connectivity index (χ2v) is 14.6. The van der Waals surface area contributed by atoms with Gasteiger partial charge in [-0.25, -0.2) is 0 Å². The summed E-state index contributed by atoms with van der Waals surface area (Å²) in [4.78, 5) is 0. The first kappa shape index (κ1) is 43.4. The molecule has 9 rings (SSSR count). The van der Waals surface area contributed by atoms with Gasteiger partial charge in [-0.1, -0.05) is 180 Å². The van der Waals surface area contributed by atoms with Crippen LogP contribution in [0.3, 0.4) is 0 Å². The molecule has 3 nitrogen and oxygen atoms in total. The zero-order valence-electron chi connectivity index (χ0n) is 34.2. The van der Waals surface area contributed by atoms with Crippen LogP contribution < -0.4 is 4.74 Å². The van der Waals surface area contributed by atoms with Crippen LogP contribution in [0.1, 0.15) is 69.4 Å². The molecule has 3 heteroatoms. The first-order valence-corrected chi connectivity index (χ1v) is 20.3. The molecule has 1 N–H and O–H groups in total. The van der Waals surface area contributed by atoms with Crippen molar-refractivity contribution < 1.29 is 14.6 Å². The molecule has 8 aromatic carbocycles. The van der Waals surface area contributed by atoms with Crippen LogP contribution in [0.5, 0.6) is 5.75 Å². The van der Waals surface area contributed by atoms with E-state index in [-0.39, 0.29) is 19.4 Å². The second kappa shape index (κ2) is 21.1. The number of hydrogen-bond acceptors (Lipinski definition) is 3. The van der Waals surface area contributed by atoms with Gasteiger partial charge in [0.1, 0.15) is 12.4 Å². The molecule has 0 bridgehead atoms. The Bertz CT molecular complexity index is 2390. The van der Waals surface area contributed by atoms with Gasteiger partial charge in [-0.2, -0.15) is 0 Å². The highest BCUT2D eigenvalue weighted by Crippen LogP contribution is 2.52. The quantitative estimate of drug-likeness (QED) is 0.167. The Kier molecular flexibility index (Phi) is 15.8. The molecule has 0 fully saturated rings. The van der Waals surface area contributed by atoms with Gasteiger partial charge in [0.2, 0.25) is 0 Å². The highest BCUT2D eigenvalue weighted by molar-refractivity contribution is 5.88. The second-order valence-electron chi connectivity index (χ2n) is 14.6. The number of hydrogen-bond donors (Lipinski definition) is 1. The Labute approximate surface area is 346 Å². The largest absolute Gasteiger partial charge is 0.491 e. The summed E-state index contributed by atoms with van der Waals surface area (Å²) in [7, 11) is 1.71. The van der Waals surface area contributed by atoms with Crippen LogP contribution in [0.25, 0.3) is 43.4 Å². The molecule has 0 unspecified atom stereocenters. The number of methoxy groups -OCH3 is 1. The molecular weight excluding hydrogens is 709 g/mol. The summed E-state index contributed by atoms with van der Waals surface area (Å²) >= 11 is 0. The van der Waals surface area contributed by atoms with Gasteiger partial charge in [0.25, 0.3) is 0 Å². The fourth-order valence-electron chi connectivity index (χ4n) is 7.67. The van der Waals surface area contributed by atoms with Gasteiger partial charge in [-0.05, 0) is 116 Å². The molecule has 0 saturated carbocycles. The average molecular weight is 769 g/mol. The van der Waals surface area contributed by atoms with Gasteiger partial charge in [-0.15, -0.1) is 0 Å². The number of aliphatic hydroxyl groups excluding tert-OH is 1. The van der Waals surface area contributed by atoms with Crippen LogP contribution in [-0.4, -0.2) is 32.0 Å². The summed E-state index contributed by atoms with van der Waals surface area (Å²) in [6.07, 6.45) is 3.35. The van der Waals surface area contributed by atoms with E-state index in [2.05, 4.69) is 185 Å². The Hall–Kier alpha value is -5.74. The summed E-state index contributed by atoms with van der Waals surface area (Å²) in [5.74, 6) is 0.789. The van der Waals surface area contributed by atoms with E-state index in [1.807, 2.05) is 12.1 Å². The van der Waals surface area contributed by atoms with Crippen molar-refractivity contribution >= 4 is 32.3 Å². The number of aryl methyl sites for hydroxylation is 2. The minimum absolute atomic E-state index is 0. The van der Waals surface area contributed by atoms with Crippen LogP contribution in [0.2, 0.25) is 0 Å². The fourth-order valence-corrected chi connectivity index (χ4v) is 7.67. The molecule has 58 heavy (non-hydrogen) atoms. The highest BCUT2D eigenvalue weighted by Gasteiger charge is 2.40. The van der Waals surface area contributed by atoms with E-state index >= 15 is 0 Å². The first-order chi connectivity index (χ1) is 27.9. The minimum atomic E-state index is -0.173. The smallest absolute Gasteiger partial charge is 0.120 e. The fraction of sp³-hybridized carbons (Fsp3) is 0.236. The van der Waals surface area contributed by atoms with Crippen LogP contribution in [0, 0.1) is 0 Å². The molecule has 0 aromatic heterocycles. The summed E-state index contributed by atoms with van der Waals surface area (Å²) in [6.45, 7) is 10.0. The molecule has 0 amide bonds. The number of benzene rings is 8. The monoisotopic (exact) mass is 768 g/mol. The molecule has 298 valence electrons. The van der Waals surface area contributed by atoms with Gasteiger partial charge < -0.3 is 14.6 Å². The predicted octanol–water partition coefficient (Wildman–Crippen LogP) is 14.0. The molecule has 0 heterocycles. The Morgan fingerprint density at radius 2 is 0.931 bits per heavy atom. The van der Waals surface area contributed by atoms with Crippen LogP contribution in [-0.2, 0) is 23.0 Å². The zero-order valence-corrected chi connectivity index (χ0v) is 34.2. The molecule has 0 atom stereocenters. The van der Waals surface area contributed by atoms with Crippen molar-refractivity contribution in [2.24, 2.45) is 0 Å². The van der Waals surface area contributed by atoms with E-state index in [0.29, 0.717) is 6.61 Å². The zero-order chi connectivity index (χ0) is 40.0. The molecule has 0 spiro atoms.